The van der Waals surface area contributed by atoms with Crippen molar-refractivity contribution in [3.8, 4) is 0 Å². The van der Waals surface area contributed by atoms with Gasteiger partial charge in [-0.3, -0.25) is 4.79 Å². The minimum atomic E-state index is 0.278. The van der Waals surface area contributed by atoms with E-state index in [0.717, 1.165) is 41.5 Å². The van der Waals surface area contributed by atoms with E-state index in [4.69, 9.17) is 0 Å². The Bertz CT molecular complexity index is 631. The van der Waals surface area contributed by atoms with Crippen molar-refractivity contribution in [2.45, 2.75) is 32.4 Å². The van der Waals surface area contributed by atoms with E-state index in [1.807, 2.05) is 30.0 Å². The van der Waals surface area contributed by atoms with Crippen LogP contribution in [-0.4, -0.2) is 39.4 Å². The van der Waals surface area contributed by atoms with E-state index in [2.05, 4.69) is 27.9 Å². The van der Waals surface area contributed by atoms with Gasteiger partial charge < -0.3 is 9.88 Å². The highest BCUT2D eigenvalue weighted by molar-refractivity contribution is 7.99. The molecule has 1 fully saturated rings. The molecule has 5 heteroatoms. The molecule has 4 nitrogen and oxygen atoms in total. The number of benzene rings is 1. The zero-order valence-corrected chi connectivity index (χ0v) is 13.2. The van der Waals surface area contributed by atoms with E-state index < -0.39 is 0 Å². The highest BCUT2D eigenvalue weighted by Gasteiger charge is 2.19. The molecule has 3 rings (SSSR count). The normalized spacial score (nSPS) is 19.0. The molecular formula is C16H21N3OS. The van der Waals surface area contributed by atoms with E-state index >= 15 is 0 Å². The second-order valence-corrected chi connectivity index (χ2v) is 6.56. The number of aryl methyl sites for hydroxylation is 1. The quantitative estimate of drug-likeness (QED) is 0.920. The lowest BCUT2D eigenvalue weighted by Crippen LogP contribution is -2.39. The van der Waals surface area contributed by atoms with E-state index in [-0.39, 0.29) is 5.78 Å². The van der Waals surface area contributed by atoms with Crippen LogP contribution in [0.1, 0.15) is 19.2 Å². The Labute approximate surface area is 129 Å². The van der Waals surface area contributed by atoms with E-state index in [0.29, 0.717) is 18.9 Å². The number of Topliss-reactive ketones (excluding diaryl/α,β-unsaturated/α-hetero) is 1. The minimum absolute atomic E-state index is 0.278. The molecule has 1 aliphatic rings. The third-order valence-corrected chi connectivity index (χ3v) is 5.01. The van der Waals surface area contributed by atoms with Crippen molar-refractivity contribution in [1.82, 2.24) is 14.9 Å². The van der Waals surface area contributed by atoms with Crippen LogP contribution in [0, 0.1) is 0 Å². The van der Waals surface area contributed by atoms with Gasteiger partial charge in [0.2, 0.25) is 0 Å². The number of hydrogen-bond donors (Lipinski definition) is 1. The highest BCUT2D eigenvalue weighted by atomic mass is 32.2. The number of carbonyl (C=O) groups excluding carboxylic acids is 1. The average molecular weight is 303 g/mol. The van der Waals surface area contributed by atoms with Crippen LogP contribution in [0.4, 0.5) is 0 Å². The first kappa shape index (κ1) is 14.6. The van der Waals surface area contributed by atoms with E-state index in [1.165, 1.54) is 0 Å². The number of aromatic nitrogens is 2. The third-order valence-electron chi connectivity index (χ3n) is 3.88. The molecule has 0 aliphatic carbocycles. The Morgan fingerprint density at radius 3 is 3.10 bits per heavy atom. The van der Waals surface area contributed by atoms with Crippen molar-refractivity contribution in [2.24, 2.45) is 0 Å². The Balaban J connectivity index is 1.73. The molecule has 2 aromatic rings. The minimum Gasteiger partial charge on any atom is -0.328 e. The van der Waals surface area contributed by atoms with E-state index in [1.54, 1.807) is 0 Å². The SMILES string of the molecule is CCn1c(CC(=O)CC2CSCCN2)nc2ccccc21. The summed E-state index contributed by atoms with van der Waals surface area (Å²) in [7, 11) is 0. The van der Waals surface area contributed by atoms with Crippen LogP contribution in [0.2, 0.25) is 0 Å². The molecule has 0 saturated carbocycles. The van der Waals surface area contributed by atoms with Crippen LogP contribution < -0.4 is 5.32 Å². The number of carbonyl (C=O) groups is 1. The van der Waals surface area contributed by atoms with Gasteiger partial charge >= 0.3 is 0 Å². The molecule has 1 unspecified atom stereocenters. The predicted octanol–water partition coefficient (Wildman–Crippen LogP) is 2.26. The molecule has 0 spiro atoms. The maximum Gasteiger partial charge on any atom is 0.141 e. The first-order valence-electron chi connectivity index (χ1n) is 7.55. The molecule has 1 saturated heterocycles. The van der Waals surface area contributed by atoms with Gasteiger partial charge in [-0.2, -0.15) is 11.8 Å². The van der Waals surface area contributed by atoms with Crippen LogP contribution in [0.25, 0.3) is 11.0 Å². The Morgan fingerprint density at radius 1 is 1.48 bits per heavy atom. The first-order valence-corrected chi connectivity index (χ1v) is 8.70. The summed E-state index contributed by atoms with van der Waals surface area (Å²) in [5.74, 6) is 3.36. The standard InChI is InChI=1S/C16H21N3OS/c1-2-19-15-6-4-3-5-14(15)18-16(19)10-13(20)9-12-11-21-8-7-17-12/h3-6,12,17H,2,7-11H2,1H3. The lowest BCUT2D eigenvalue weighted by atomic mass is 10.1. The van der Waals surface area contributed by atoms with Gasteiger partial charge in [0.15, 0.2) is 0 Å². The number of fused-ring (bicyclic) bond motifs is 1. The van der Waals surface area contributed by atoms with Crippen LogP contribution in [0.3, 0.4) is 0 Å². The molecule has 21 heavy (non-hydrogen) atoms. The number of imidazole rings is 1. The van der Waals surface area contributed by atoms with Crippen LogP contribution in [0.5, 0.6) is 0 Å². The molecular weight excluding hydrogens is 282 g/mol. The van der Waals surface area contributed by atoms with Gasteiger partial charge in [-0.1, -0.05) is 12.1 Å². The van der Waals surface area contributed by atoms with Crippen molar-refractivity contribution in [3.05, 3.63) is 30.1 Å². The zero-order valence-electron chi connectivity index (χ0n) is 12.3. The monoisotopic (exact) mass is 303 g/mol. The van der Waals surface area contributed by atoms with Crippen molar-refractivity contribution >= 4 is 28.6 Å². The summed E-state index contributed by atoms with van der Waals surface area (Å²) in [6, 6.07) is 8.42. The number of nitrogens with one attached hydrogen (secondary N) is 1. The summed E-state index contributed by atoms with van der Waals surface area (Å²) in [6.45, 7) is 3.96. The topological polar surface area (TPSA) is 46.9 Å². The van der Waals surface area contributed by atoms with E-state index in [9.17, 15) is 4.79 Å². The molecule has 0 amide bonds. The fraction of sp³-hybridized carbons (Fsp3) is 0.500. The number of rotatable bonds is 5. The second kappa shape index (κ2) is 6.62. The van der Waals surface area contributed by atoms with Crippen LogP contribution in [0.15, 0.2) is 24.3 Å². The average Bonchev–Trinajstić information content (AvgIpc) is 2.85. The molecule has 1 aliphatic heterocycles. The van der Waals surface area contributed by atoms with Gasteiger partial charge in [0.1, 0.15) is 11.6 Å². The second-order valence-electron chi connectivity index (χ2n) is 5.41. The van der Waals surface area contributed by atoms with Gasteiger partial charge in [0, 0.05) is 37.1 Å². The van der Waals surface area contributed by atoms with Gasteiger partial charge in [0.25, 0.3) is 0 Å². The smallest absolute Gasteiger partial charge is 0.141 e. The van der Waals surface area contributed by atoms with Gasteiger partial charge in [-0.05, 0) is 19.1 Å². The number of nitrogens with zero attached hydrogens (tertiary/aromatic N) is 2. The molecule has 1 atom stereocenters. The summed E-state index contributed by atoms with van der Waals surface area (Å²) < 4.78 is 2.15. The molecule has 0 radical (unpaired) electrons. The Morgan fingerprint density at radius 2 is 2.33 bits per heavy atom. The maximum atomic E-state index is 12.3. The fourth-order valence-corrected chi connectivity index (χ4v) is 3.84. The predicted molar refractivity (Wildman–Crippen MR) is 87.9 cm³/mol. The van der Waals surface area contributed by atoms with Gasteiger partial charge in [-0.25, -0.2) is 4.98 Å². The number of thioether (sulfide) groups is 1. The summed E-state index contributed by atoms with van der Waals surface area (Å²) in [4.78, 5) is 17.0. The van der Waals surface area contributed by atoms with Crippen molar-refractivity contribution in [2.75, 3.05) is 18.1 Å². The van der Waals surface area contributed by atoms with Crippen molar-refractivity contribution < 1.29 is 4.79 Å². The molecule has 1 aromatic carbocycles. The summed E-state index contributed by atoms with van der Waals surface area (Å²) in [6.07, 6.45) is 1.05. The lowest BCUT2D eigenvalue weighted by molar-refractivity contribution is -0.118. The van der Waals surface area contributed by atoms with Crippen LogP contribution >= 0.6 is 11.8 Å². The Hall–Kier alpha value is -1.33. The van der Waals surface area contributed by atoms with Crippen molar-refractivity contribution in [3.63, 3.8) is 0 Å². The lowest BCUT2D eigenvalue weighted by Gasteiger charge is -2.22. The van der Waals surface area contributed by atoms with Crippen molar-refractivity contribution in [1.29, 1.82) is 0 Å². The zero-order chi connectivity index (χ0) is 14.7. The summed E-state index contributed by atoms with van der Waals surface area (Å²) in [5.41, 5.74) is 2.10. The first-order chi connectivity index (χ1) is 10.3. The summed E-state index contributed by atoms with van der Waals surface area (Å²) >= 11 is 1.93. The third kappa shape index (κ3) is 3.30. The van der Waals surface area contributed by atoms with Gasteiger partial charge in [-0.15, -0.1) is 0 Å². The number of para-hydroxylation sites is 2. The molecule has 112 valence electrons. The van der Waals surface area contributed by atoms with Gasteiger partial charge in [0.05, 0.1) is 17.5 Å². The molecule has 2 heterocycles. The number of ketones is 1. The van der Waals surface area contributed by atoms with Crippen LogP contribution in [-0.2, 0) is 17.8 Å². The number of hydrogen-bond acceptors (Lipinski definition) is 4. The summed E-state index contributed by atoms with van der Waals surface area (Å²) in [5, 5.41) is 3.42. The fourth-order valence-electron chi connectivity index (χ4n) is 2.89. The Kier molecular flexibility index (Phi) is 4.60. The largest absolute Gasteiger partial charge is 0.328 e. The molecule has 1 aromatic heterocycles. The maximum absolute atomic E-state index is 12.3. The molecule has 0 bridgehead atoms. The molecule has 1 N–H and O–H groups in total. The highest BCUT2D eigenvalue weighted by Crippen LogP contribution is 2.17.